The van der Waals surface area contributed by atoms with E-state index in [-0.39, 0.29) is 12.1 Å². The zero-order valence-electron chi connectivity index (χ0n) is 12.1. The highest BCUT2D eigenvalue weighted by Gasteiger charge is 2.29. The lowest BCUT2D eigenvalue weighted by Gasteiger charge is -2.20. The Morgan fingerprint density at radius 1 is 1.05 bits per heavy atom. The molecule has 1 atom stereocenters. The van der Waals surface area contributed by atoms with E-state index in [2.05, 4.69) is 15.4 Å². The van der Waals surface area contributed by atoms with E-state index < -0.39 is 10.0 Å². The van der Waals surface area contributed by atoms with E-state index in [9.17, 15) is 8.42 Å². The number of hydrogen-bond acceptors (Lipinski definition) is 4. The Balaban J connectivity index is 1.78. The van der Waals surface area contributed by atoms with Crippen LogP contribution in [-0.4, -0.2) is 33.6 Å². The summed E-state index contributed by atoms with van der Waals surface area (Å²) in [6, 6.07) is 7.59. The van der Waals surface area contributed by atoms with Crippen LogP contribution < -0.4 is 15.4 Å². The quantitative estimate of drug-likeness (QED) is 0.774. The molecule has 0 amide bonds. The van der Waals surface area contributed by atoms with Gasteiger partial charge in [-0.3, -0.25) is 0 Å². The van der Waals surface area contributed by atoms with Crippen LogP contribution in [0.4, 0.5) is 5.69 Å². The van der Waals surface area contributed by atoms with Crippen molar-refractivity contribution in [1.29, 1.82) is 0 Å². The zero-order valence-corrected chi connectivity index (χ0v) is 13.0. The first-order valence-electron chi connectivity index (χ1n) is 7.74. The van der Waals surface area contributed by atoms with Crippen molar-refractivity contribution >= 4 is 15.7 Å². The Morgan fingerprint density at radius 2 is 1.86 bits per heavy atom. The average molecular weight is 309 g/mol. The topological polar surface area (TPSA) is 70.2 Å². The highest BCUT2D eigenvalue weighted by molar-refractivity contribution is 7.89. The molecule has 2 aliphatic rings. The van der Waals surface area contributed by atoms with Gasteiger partial charge in [0.15, 0.2) is 0 Å². The number of anilines is 1. The van der Waals surface area contributed by atoms with Crippen LogP contribution in [0.15, 0.2) is 29.2 Å². The maximum Gasteiger partial charge on any atom is 0.242 e. The number of para-hydroxylation sites is 1. The fraction of sp³-hybridized carbons (Fsp3) is 0.600. The van der Waals surface area contributed by atoms with Gasteiger partial charge in [-0.25, -0.2) is 13.1 Å². The second kappa shape index (κ2) is 6.34. The lowest BCUT2D eigenvalue weighted by Crippen LogP contribution is -2.32. The molecule has 3 N–H and O–H groups in total. The standard InChI is InChI=1S/C15H23N3O2S/c19-21(20,18-12-8-9-12)15-7-2-1-6-14(15)17-13-5-3-4-10-16-11-13/h1-2,6-7,12-13,16-18H,3-5,8-11H2. The predicted molar refractivity (Wildman–Crippen MR) is 83.9 cm³/mol. The summed E-state index contributed by atoms with van der Waals surface area (Å²) in [6.07, 6.45) is 5.31. The summed E-state index contributed by atoms with van der Waals surface area (Å²) in [6.45, 7) is 1.92. The minimum atomic E-state index is -3.42. The molecule has 21 heavy (non-hydrogen) atoms. The van der Waals surface area contributed by atoms with Gasteiger partial charge in [-0.2, -0.15) is 0 Å². The van der Waals surface area contributed by atoms with Gasteiger partial charge in [0.1, 0.15) is 4.90 Å². The summed E-state index contributed by atoms with van der Waals surface area (Å²) >= 11 is 0. The van der Waals surface area contributed by atoms with Crippen molar-refractivity contribution in [1.82, 2.24) is 10.0 Å². The molecular weight excluding hydrogens is 286 g/mol. The molecule has 1 aromatic carbocycles. The van der Waals surface area contributed by atoms with Crippen molar-refractivity contribution in [2.45, 2.75) is 49.1 Å². The molecule has 116 valence electrons. The summed E-state index contributed by atoms with van der Waals surface area (Å²) in [5.74, 6) is 0. The maximum absolute atomic E-state index is 12.4. The Morgan fingerprint density at radius 3 is 2.67 bits per heavy atom. The minimum Gasteiger partial charge on any atom is -0.380 e. The molecule has 0 aromatic heterocycles. The fourth-order valence-corrected chi connectivity index (χ4v) is 4.14. The number of benzene rings is 1. The van der Waals surface area contributed by atoms with Crippen molar-refractivity contribution in [3.8, 4) is 0 Å². The van der Waals surface area contributed by atoms with Crippen molar-refractivity contribution < 1.29 is 8.42 Å². The van der Waals surface area contributed by atoms with Crippen LogP contribution >= 0.6 is 0 Å². The number of sulfonamides is 1. The zero-order chi connectivity index (χ0) is 14.7. The lowest BCUT2D eigenvalue weighted by molar-refractivity contribution is 0.580. The minimum absolute atomic E-state index is 0.127. The number of nitrogens with one attached hydrogen (secondary N) is 3. The summed E-state index contributed by atoms with van der Waals surface area (Å²) in [7, 11) is -3.42. The van der Waals surface area contributed by atoms with Gasteiger partial charge in [-0.15, -0.1) is 0 Å². The first-order valence-corrected chi connectivity index (χ1v) is 9.22. The summed E-state index contributed by atoms with van der Waals surface area (Å²) in [5.41, 5.74) is 0.708. The average Bonchev–Trinajstić information content (AvgIpc) is 3.27. The largest absolute Gasteiger partial charge is 0.380 e. The van der Waals surface area contributed by atoms with Crippen LogP contribution in [-0.2, 0) is 10.0 Å². The predicted octanol–water partition coefficient (Wildman–Crippen LogP) is 1.68. The molecule has 1 saturated carbocycles. The highest BCUT2D eigenvalue weighted by Crippen LogP contribution is 2.26. The van der Waals surface area contributed by atoms with Gasteiger partial charge in [0.2, 0.25) is 10.0 Å². The molecular formula is C15H23N3O2S. The third kappa shape index (κ3) is 3.96. The molecule has 1 aliphatic heterocycles. The van der Waals surface area contributed by atoms with E-state index in [0.29, 0.717) is 10.6 Å². The van der Waals surface area contributed by atoms with Gasteiger partial charge in [-0.05, 0) is 44.4 Å². The molecule has 0 radical (unpaired) electrons. The van der Waals surface area contributed by atoms with Gasteiger partial charge in [0.25, 0.3) is 0 Å². The van der Waals surface area contributed by atoms with E-state index in [1.807, 2.05) is 12.1 Å². The molecule has 0 bridgehead atoms. The Hall–Kier alpha value is -1.11. The molecule has 5 nitrogen and oxygen atoms in total. The van der Waals surface area contributed by atoms with Gasteiger partial charge in [-0.1, -0.05) is 18.6 Å². The van der Waals surface area contributed by atoms with Gasteiger partial charge in [0.05, 0.1) is 5.69 Å². The molecule has 1 heterocycles. The smallest absolute Gasteiger partial charge is 0.242 e. The Labute approximate surface area is 126 Å². The normalized spacial score (nSPS) is 23.5. The number of rotatable bonds is 5. The first-order chi connectivity index (χ1) is 10.1. The van der Waals surface area contributed by atoms with E-state index in [1.165, 1.54) is 12.8 Å². The monoisotopic (exact) mass is 309 g/mol. The molecule has 1 aromatic rings. The van der Waals surface area contributed by atoms with E-state index in [0.717, 1.165) is 32.4 Å². The fourth-order valence-electron chi connectivity index (χ4n) is 2.67. The van der Waals surface area contributed by atoms with Crippen LogP contribution in [0.5, 0.6) is 0 Å². The van der Waals surface area contributed by atoms with Crippen LogP contribution in [0.3, 0.4) is 0 Å². The second-order valence-electron chi connectivity index (χ2n) is 5.93. The summed E-state index contributed by atoms with van der Waals surface area (Å²) in [5, 5.41) is 6.80. The molecule has 6 heteroatoms. The second-order valence-corrected chi connectivity index (χ2v) is 7.62. The van der Waals surface area contributed by atoms with Crippen LogP contribution in [0.25, 0.3) is 0 Å². The molecule has 2 fully saturated rings. The van der Waals surface area contributed by atoms with Crippen molar-refractivity contribution in [3.05, 3.63) is 24.3 Å². The SMILES string of the molecule is O=S(=O)(NC1CC1)c1ccccc1NC1CCCCNC1. The molecule has 1 unspecified atom stereocenters. The van der Waals surface area contributed by atoms with Gasteiger partial charge < -0.3 is 10.6 Å². The molecule has 1 saturated heterocycles. The van der Waals surface area contributed by atoms with E-state index >= 15 is 0 Å². The van der Waals surface area contributed by atoms with E-state index in [4.69, 9.17) is 0 Å². The molecule has 1 aliphatic carbocycles. The van der Waals surface area contributed by atoms with Crippen LogP contribution in [0.1, 0.15) is 32.1 Å². The van der Waals surface area contributed by atoms with Gasteiger partial charge >= 0.3 is 0 Å². The third-order valence-corrected chi connectivity index (χ3v) is 5.56. The Bertz CT molecular complexity index is 576. The highest BCUT2D eigenvalue weighted by atomic mass is 32.2. The van der Waals surface area contributed by atoms with Crippen molar-refractivity contribution in [2.75, 3.05) is 18.4 Å². The summed E-state index contributed by atoms with van der Waals surface area (Å²) < 4.78 is 27.6. The van der Waals surface area contributed by atoms with E-state index in [1.54, 1.807) is 12.1 Å². The van der Waals surface area contributed by atoms with Crippen molar-refractivity contribution in [2.24, 2.45) is 0 Å². The van der Waals surface area contributed by atoms with Crippen molar-refractivity contribution in [3.63, 3.8) is 0 Å². The number of hydrogen-bond donors (Lipinski definition) is 3. The molecule has 3 rings (SSSR count). The Kier molecular flexibility index (Phi) is 4.47. The van der Waals surface area contributed by atoms with Gasteiger partial charge in [0, 0.05) is 18.6 Å². The first kappa shape index (κ1) is 14.8. The lowest BCUT2D eigenvalue weighted by atomic mass is 10.1. The maximum atomic E-state index is 12.4. The van der Waals surface area contributed by atoms with Crippen LogP contribution in [0, 0.1) is 0 Å². The third-order valence-electron chi connectivity index (χ3n) is 3.98. The van der Waals surface area contributed by atoms with Crippen LogP contribution in [0.2, 0.25) is 0 Å². The summed E-state index contributed by atoms with van der Waals surface area (Å²) in [4.78, 5) is 0.362. The molecule has 0 spiro atoms.